The quantitative estimate of drug-likeness (QED) is 0.797. The largest absolute Gasteiger partial charge is 0.416 e. The van der Waals surface area contributed by atoms with Crippen LogP contribution in [0.5, 0.6) is 0 Å². The second-order valence-electron chi connectivity index (χ2n) is 6.29. The molecule has 0 unspecified atom stereocenters. The molecule has 1 aliphatic rings. The van der Waals surface area contributed by atoms with Crippen LogP contribution in [0.25, 0.3) is 11.0 Å². The average molecular weight is 336 g/mol. The predicted octanol–water partition coefficient (Wildman–Crippen LogP) is 3.86. The minimum Gasteiger partial charge on any atom is -0.330 e. The van der Waals surface area contributed by atoms with Crippen molar-refractivity contribution in [2.75, 3.05) is 6.54 Å². The van der Waals surface area contributed by atoms with Crippen molar-refractivity contribution < 1.29 is 13.2 Å². The molecule has 1 fully saturated rings. The molecule has 0 N–H and O–H groups in total. The molecule has 1 aromatic carbocycles. The standard InChI is InChI=1S/C17H19F3N4/c1-23-15-7-6-12(17(18,19)20)10-14(15)22-16(23)11-24(9-8-21)13-4-2-3-5-13/h6-7,10,13H,2-5,9,11H2,1H3. The molecular formula is C17H19F3N4. The van der Waals surface area contributed by atoms with E-state index in [0.29, 0.717) is 36.0 Å². The number of hydrogen-bond donors (Lipinski definition) is 0. The molecule has 1 heterocycles. The fourth-order valence-electron chi connectivity index (χ4n) is 3.42. The van der Waals surface area contributed by atoms with Gasteiger partial charge >= 0.3 is 6.18 Å². The second-order valence-corrected chi connectivity index (χ2v) is 6.29. The fourth-order valence-corrected chi connectivity index (χ4v) is 3.42. The summed E-state index contributed by atoms with van der Waals surface area (Å²) in [6.07, 6.45) is 0.0599. The zero-order chi connectivity index (χ0) is 17.3. The number of fused-ring (bicyclic) bond motifs is 1. The van der Waals surface area contributed by atoms with Crippen molar-refractivity contribution in [3.05, 3.63) is 29.6 Å². The van der Waals surface area contributed by atoms with Crippen LogP contribution in [0.2, 0.25) is 0 Å². The number of aromatic nitrogens is 2. The lowest BCUT2D eigenvalue weighted by Crippen LogP contribution is -2.34. The van der Waals surface area contributed by atoms with Crippen molar-refractivity contribution in [3.8, 4) is 6.07 Å². The SMILES string of the molecule is Cn1c(CN(CC#N)C2CCCC2)nc2cc(C(F)(F)F)ccc21. The molecule has 0 bridgehead atoms. The molecule has 1 aliphatic carbocycles. The number of aryl methyl sites for hydroxylation is 1. The molecule has 4 nitrogen and oxygen atoms in total. The number of halogens is 3. The van der Waals surface area contributed by atoms with E-state index < -0.39 is 11.7 Å². The number of hydrogen-bond acceptors (Lipinski definition) is 3. The van der Waals surface area contributed by atoms with Gasteiger partial charge in [-0.05, 0) is 31.0 Å². The fraction of sp³-hybridized carbons (Fsp3) is 0.529. The number of nitriles is 1. The highest BCUT2D eigenvalue weighted by molar-refractivity contribution is 5.77. The zero-order valence-corrected chi connectivity index (χ0v) is 13.5. The Morgan fingerprint density at radius 3 is 2.67 bits per heavy atom. The van der Waals surface area contributed by atoms with Crippen LogP contribution in [0.1, 0.15) is 37.1 Å². The maximum atomic E-state index is 12.9. The summed E-state index contributed by atoms with van der Waals surface area (Å²) < 4.78 is 40.4. The Labute approximate surface area is 138 Å². The van der Waals surface area contributed by atoms with E-state index in [1.807, 2.05) is 4.57 Å². The average Bonchev–Trinajstić information content (AvgIpc) is 3.15. The van der Waals surface area contributed by atoms with Gasteiger partial charge in [-0.15, -0.1) is 0 Å². The van der Waals surface area contributed by atoms with Gasteiger partial charge < -0.3 is 4.57 Å². The third kappa shape index (κ3) is 3.24. The van der Waals surface area contributed by atoms with Crippen LogP contribution < -0.4 is 0 Å². The number of rotatable bonds is 4. The zero-order valence-electron chi connectivity index (χ0n) is 13.5. The summed E-state index contributed by atoms with van der Waals surface area (Å²) in [5.41, 5.74) is 0.316. The van der Waals surface area contributed by atoms with Gasteiger partial charge in [0, 0.05) is 13.1 Å². The molecule has 7 heteroatoms. The number of alkyl halides is 3. The third-order valence-corrected chi connectivity index (χ3v) is 4.76. The van der Waals surface area contributed by atoms with E-state index in [4.69, 9.17) is 5.26 Å². The minimum atomic E-state index is -4.37. The summed E-state index contributed by atoms with van der Waals surface area (Å²) in [6, 6.07) is 6.17. The molecule has 1 aromatic heterocycles. The monoisotopic (exact) mass is 336 g/mol. The molecule has 0 amide bonds. The van der Waals surface area contributed by atoms with Crippen molar-refractivity contribution in [1.29, 1.82) is 5.26 Å². The summed E-state index contributed by atoms with van der Waals surface area (Å²) in [7, 11) is 1.80. The first kappa shape index (κ1) is 16.8. The molecule has 0 atom stereocenters. The van der Waals surface area contributed by atoms with Crippen LogP contribution in [-0.2, 0) is 19.8 Å². The van der Waals surface area contributed by atoms with E-state index in [2.05, 4.69) is 16.0 Å². The Bertz CT molecular complexity index is 766. The molecule has 2 aromatic rings. The number of imidazole rings is 1. The van der Waals surface area contributed by atoms with E-state index in [9.17, 15) is 13.2 Å². The summed E-state index contributed by atoms with van der Waals surface area (Å²) in [6.45, 7) is 0.784. The van der Waals surface area contributed by atoms with Gasteiger partial charge in [0.2, 0.25) is 0 Å². The highest BCUT2D eigenvalue weighted by atomic mass is 19.4. The lowest BCUT2D eigenvalue weighted by atomic mass is 10.2. The van der Waals surface area contributed by atoms with Crippen LogP contribution in [0.4, 0.5) is 13.2 Å². The summed E-state index contributed by atoms with van der Waals surface area (Å²) in [4.78, 5) is 6.47. The van der Waals surface area contributed by atoms with Gasteiger partial charge in [0.15, 0.2) is 0 Å². The second kappa shape index (κ2) is 6.44. The molecule has 3 rings (SSSR count). The van der Waals surface area contributed by atoms with Gasteiger partial charge in [-0.3, -0.25) is 4.90 Å². The molecule has 0 aliphatic heterocycles. The number of benzene rings is 1. The maximum Gasteiger partial charge on any atom is 0.416 e. The van der Waals surface area contributed by atoms with E-state index >= 15 is 0 Å². The first-order valence-electron chi connectivity index (χ1n) is 8.03. The van der Waals surface area contributed by atoms with Crippen LogP contribution in [0, 0.1) is 11.3 Å². The Morgan fingerprint density at radius 1 is 1.33 bits per heavy atom. The van der Waals surface area contributed by atoms with Gasteiger partial charge in [0.1, 0.15) is 5.82 Å². The van der Waals surface area contributed by atoms with E-state index in [-0.39, 0.29) is 0 Å². The molecule has 24 heavy (non-hydrogen) atoms. The summed E-state index contributed by atoms with van der Waals surface area (Å²) >= 11 is 0. The summed E-state index contributed by atoms with van der Waals surface area (Å²) in [5, 5.41) is 9.07. The van der Waals surface area contributed by atoms with Crippen LogP contribution in [0.3, 0.4) is 0 Å². The topological polar surface area (TPSA) is 44.9 Å². The van der Waals surface area contributed by atoms with Gasteiger partial charge in [-0.25, -0.2) is 4.98 Å². The lowest BCUT2D eigenvalue weighted by Gasteiger charge is -2.25. The van der Waals surface area contributed by atoms with Crippen LogP contribution in [0.15, 0.2) is 18.2 Å². The van der Waals surface area contributed by atoms with Gasteiger partial charge in [0.05, 0.1) is 35.8 Å². The van der Waals surface area contributed by atoms with E-state index in [1.165, 1.54) is 6.07 Å². The van der Waals surface area contributed by atoms with Crippen molar-refractivity contribution >= 4 is 11.0 Å². The van der Waals surface area contributed by atoms with Gasteiger partial charge in [0.25, 0.3) is 0 Å². The van der Waals surface area contributed by atoms with E-state index in [1.54, 1.807) is 7.05 Å². The van der Waals surface area contributed by atoms with Gasteiger partial charge in [-0.2, -0.15) is 18.4 Å². The van der Waals surface area contributed by atoms with Crippen molar-refractivity contribution in [1.82, 2.24) is 14.5 Å². The third-order valence-electron chi connectivity index (χ3n) is 4.76. The Balaban J connectivity index is 1.91. The Morgan fingerprint density at radius 2 is 2.04 bits per heavy atom. The first-order chi connectivity index (χ1) is 11.4. The highest BCUT2D eigenvalue weighted by Crippen LogP contribution is 2.32. The van der Waals surface area contributed by atoms with E-state index in [0.717, 1.165) is 37.8 Å². The lowest BCUT2D eigenvalue weighted by molar-refractivity contribution is -0.137. The molecule has 1 saturated carbocycles. The molecular weight excluding hydrogens is 317 g/mol. The highest BCUT2D eigenvalue weighted by Gasteiger charge is 2.31. The van der Waals surface area contributed by atoms with Crippen LogP contribution >= 0.6 is 0 Å². The van der Waals surface area contributed by atoms with Crippen molar-refractivity contribution in [2.24, 2.45) is 7.05 Å². The Kier molecular flexibility index (Phi) is 4.50. The number of nitrogens with zero attached hydrogens (tertiary/aromatic N) is 4. The molecule has 128 valence electrons. The summed E-state index contributed by atoms with van der Waals surface area (Å²) in [5.74, 6) is 0.687. The Hall–Kier alpha value is -2.07. The molecule has 0 spiro atoms. The van der Waals surface area contributed by atoms with Crippen molar-refractivity contribution in [2.45, 2.75) is 44.4 Å². The predicted molar refractivity (Wildman–Crippen MR) is 84.0 cm³/mol. The maximum absolute atomic E-state index is 12.9. The minimum absolute atomic E-state index is 0.307. The smallest absolute Gasteiger partial charge is 0.330 e. The molecule has 0 saturated heterocycles. The van der Waals surface area contributed by atoms with Crippen molar-refractivity contribution in [3.63, 3.8) is 0 Å². The van der Waals surface area contributed by atoms with Crippen LogP contribution in [-0.4, -0.2) is 27.0 Å². The first-order valence-corrected chi connectivity index (χ1v) is 8.03. The normalized spacial score (nSPS) is 16.2. The molecule has 0 radical (unpaired) electrons. The van der Waals surface area contributed by atoms with Gasteiger partial charge in [-0.1, -0.05) is 12.8 Å².